The van der Waals surface area contributed by atoms with Crippen molar-refractivity contribution in [1.29, 1.82) is 0 Å². The molecule has 8 N–H and O–H groups in total. The lowest BCUT2D eigenvalue weighted by molar-refractivity contribution is -0.335. The number of carbonyl (C=O) groups excluding carboxylic acids is 4. The average molecular weight is 815 g/mol. The summed E-state index contributed by atoms with van der Waals surface area (Å²) in [5.74, 6) is -1.69. The Morgan fingerprint density at radius 1 is 0.825 bits per heavy atom. The highest BCUT2D eigenvalue weighted by molar-refractivity contribution is 5.82. The maximum atomic E-state index is 13.9. The van der Waals surface area contributed by atoms with Gasteiger partial charge in [-0.05, 0) is 58.5 Å². The van der Waals surface area contributed by atoms with Crippen LogP contribution in [0.1, 0.15) is 91.4 Å². The molecule has 5 fully saturated rings. The molecule has 3 aliphatic heterocycles. The molecule has 6 unspecified atom stereocenters. The van der Waals surface area contributed by atoms with Crippen LogP contribution in [-0.4, -0.2) is 173 Å². The summed E-state index contributed by atoms with van der Waals surface area (Å²) in [6, 6.07) is -2.13. The van der Waals surface area contributed by atoms with Gasteiger partial charge in [0.25, 0.3) is 5.91 Å². The topological polar surface area (TPSA) is 255 Å². The number of hydrogen-bond acceptors (Lipinski definition) is 15. The van der Waals surface area contributed by atoms with Crippen LogP contribution in [-0.2, 0) is 42.9 Å². The van der Waals surface area contributed by atoms with E-state index in [9.17, 15) is 44.7 Å². The van der Waals surface area contributed by atoms with Crippen molar-refractivity contribution < 1.29 is 68.4 Å². The summed E-state index contributed by atoms with van der Waals surface area (Å²) in [4.78, 5) is 54.7. The highest BCUT2D eigenvalue weighted by Crippen LogP contribution is 2.37. The number of ether oxygens (including phenoxy) is 5. The molecule has 0 aromatic rings. The van der Waals surface area contributed by atoms with E-state index in [0.717, 1.165) is 38.5 Å². The van der Waals surface area contributed by atoms with Crippen molar-refractivity contribution >= 4 is 23.5 Å². The van der Waals surface area contributed by atoms with Crippen molar-refractivity contribution in [2.45, 2.75) is 177 Å². The van der Waals surface area contributed by atoms with E-state index in [0.29, 0.717) is 32.5 Å². The highest BCUT2D eigenvalue weighted by Gasteiger charge is 2.53. The minimum Gasteiger partial charge on any atom is -0.394 e. The molecule has 18 heteroatoms. The number of hydrogen-bond donors (Lipinski definition) is 8. The summed E-state index contributed by atoms with van der Waals surface area (Å²) in [6.07, 6.45) is -8.64. The van der Waals surface area contributed by atoms with Gasteiger partial charge in [-0.2, -0.15) is 0 Å². The van der Waals surface area contributed by atoms with Crippen LogP contribution >= 0.6 is 0 Å². The second kappa shape index (κ2) is 21.2. The molecule has 0 radical (unpaired) electrons. The number of carbonyl (C=O) groups is 4. The van der Waals surface area contributed by atoms with Gasteiger partial charge < -0.3 is 70.1 Å². The van der Waals surface area contributed by atoms with Gasteiger partial charge in [0, 0.05) is 39.3 Å². The number of aliphatic hydroxyl groups excluding tert-OH is 5. The molecule has 3 heterocycles. The number of nitrogens with zero attached hydrogens (tertiary/aromatic N) is 1. The van der Waals surface area contributed by atoms with E-state index in [4.69, 9.17) is 23.7 Å². The van der Waals surface area contributed by atoms with Crippen molar-refractivity contribution in [3.05, 3.63) is 0 Å². The van der Waals surface area contributed by atoms with Crippen LogP contribution in [0.4, 0.5) is 0 Å². The third-order valence-corrected chi connectivity index (χ3v) is 12.2. The third-order valence-electron chi connectivity index (χ3n) is 12.2. The molecule has 3 saturated heterocycles. The highest BCUT2D eigenvalue weighted by atomic mass is 16.7. The maximum absolute atomic E-state index is 13.9. The lowest BCUT2D eigenvalue weighted by Gasteiger charge is -2.49. The third kappa shape index (κ3) is 11.7. The molecule has 15 atom stereocenters. The first-order chi connectivity index (χ1) is 27.2. The van der Waals surface area contributed by atoms with Gasteiger partial charge in [0.15, 0.2) is 12.6 Å². The molecular formula is C39H66N4O14. The van der Waals surface area contributed by atoms with E-state index in [1.807, 2.05) is 0 Å². The number of aliphatic hydroxyl groups is 5. The van der Waals surface area contributed by atoms with Crippen LogP contribution < -0.4 is 16.0 Å². The summed E-state index contributed by atoms with van der Waals surface area (Å²) < 4.78 is 31.6. The van der Waals surface area contributed by atoms with Crippen molar-refractivity contribution in [2.75, 3.05) is 33.3 Å². The quantitative estimate of drug-likeness (QED) is 0.0787. The lowest BCUT2D eigenvalue weighted by Crippen LogP contribution is -2.68. The van der Waals surface area contributed by atoms with Crippen molar-refractivity contribution in [2.24, 2.45) is 11.8 Å². The number of nitrogens with one attached hydrogen (secondary N) is 3. The minimum atomic E-state index is -1.70. The predicted octanol–water partition coefficient (Wildman–Crippen LogP) is -1.39. The van der Waals surface area contributed by atoms with Gasteiger partial charge >= 0.3 is 0 Å². The molecular weight excluding hydrogens is 748 g/mol. The standard InChI is InChI=1S/C39H66N4O14/c1-20-31(48)33(50)34(51)39(53-20)57-35-25(41-21(2)45)17-24(26(47)12-8-13-40-4)18-27(35)55-38-30(42-22(3)46)36(32(49)29(19-44)56-38)54-28(37(52)43-14-9-15-43)16-23-10-6-5-7-11-23/h20,23-25,27-36,38-40,44,48-51H,5-19H2,1-4H3,(H,41,45)(H,42,46)/t20?,24?,25?,27-,28+,29+,30?,31-,32+,33+,34?,35-,36?,38-,39+/m1/s1. The first kappa shape index (κ1) is 45.7. The molecule has 18 nitrogen and oxygen atoms in total. The molecule has 2 saturated carbocycles. The first-order valence-corrected chi connectivity index (χ1v) is 20.8. The fourth-order valence-corrected chi connectivity index (χ4v) is 8.89. The number of rotatable bonds is 17. The van der Waals surface area contributed by atoms with E-state index < -0.39 is 110 Å². The van der Waals surface area contributed by atoms with Crippen LogP contribution in [0.2, 0.25) is 0 Å². The Balaban J connectivity index is 1.49. The van der Waals surface area contributed by atoms with E-state index >= 15 is 0 Å². The van der Waals surface area contributed by atoms with E-state index in [2.05, 4.69) is 16.0 Å². The molecule has 0 aromatic heterocycles. The normalized spacial score (nSPS) is 38.2. The van der Waals surface area contributed by atoms with Gasteiger partial charge in [-0.3, -0.25) is 19.2 Å². The number of likely N-dealkylation sites (tertiary alicyclic amines) is 1. The summed E-state index contributed by atoms with van der Waals surface area (Å²) in [5, 5.41) is 62.7. The Bertz CT molecular complexity index is 1340. The summed E-state index contributed by atoms with van der Waals surface area (Å²) in [6.45, 7) is 5.17. The summed E-state index contributed by atoms with van der Waals surface area (Å²) in [7, 11) is 1.78. The monoisotopic (exact) mass is 814 g/mol. The molecule has 57 heavy (non-hydrogen) atoms. The average Bonchev–Trinajstić information content (AvgIpc) is 3.15. The summed E-state index contributed by atoms with van der Waals surface area (Å²) >= 11 is 0. The molecule has 0 bridgehead atoms. The molecule has 2 aliphatic carbocycles. The molecule has 326 valence electrons. The zero-order chi connectivity index (χ0) is 41.4. The number of amides is 3. The summed E-state index contributed by atoms with van der Waals surface area (Å²) in [5.41, 5.74) is 0. The van der Waals surface area contributed by atoms with Gasteiger partial charge in [-0.15, -0.1) is 0 Å². The Kier molecular flexibility index (Phi) is 17.0. The van der Waals surface area contributed by atoms with Crippen LogP contribution in [0, 0.1) is 11.8 Å². The van der Waals surface area contributed by atoms with Gasteiger partial charge in [0.2, 0.25) is 11.8 Å². The van der Waals surface area contributed by atoms with E-state index in [-0.39, 0.29) is 36.9 Å². The molecule has 5 rings (SSSR count). The molecule has 3 amide bonds. The lowest BCUT2D eigenvalue weighted by atomic mass is 9.78. The number of Topliss-reactive ketones (excluding diaryl/α,β-unsaturated/α-hetero) is 1. The molecule has 0 spiro atoms. The smallest absolute Gasteiger partial charge is 0.251 e. The Morgan fingerprint density at radius 3 is 2.14 bits per heavy atom. The molecule has 0 aromatic carbocycles. The van der Waals surface area contributed by atoms with Crippen molar-refractivity contribution in [3.63, 3.8) is 0 Å². The fourth-order valence-electron chi connectivity index (χ4n) is 8.89. The second-order valence-electron chi connectivity index (χ2n) is 16.6. The Hall–Kier alpha value is -2.36. The van der Waals surface area contributed by atoms with Crippen LogP contribution in [0.25, 0.3) is 0 Å². The van der Waals surface area contributed by atoms with Crippen molar-refractivity contribution in [1.82, 2.24) is 20.9 Å². The zero-order valence-electron chi connectivity index (χ0n) is 33.7. The SMILES string of the molecule is CNCCCC(=O)C1CC(NC(C)=O)[C@@H](O[C@@H]2OC(C)[C@@H](O)[C@H](O)C2O)[C@H](O[C@@H]2O[C@@H](CO)[C@H](O)C(O[C@@H](CC3CCCCC3)C(=O)N3CCC3)C2NC(C)=O)C1. The maximum Gasteiger partial charge on any atom is 0.251 e. The van der Waals surface area contributed by atoms with E-state index in [1.165, 1.54) is 20.8 Å². The Labute approximate surface area is 334 Å². The molecule has 5 aliphatic rings. The van der Waals surface area contributed by atoms with Crippen LogP contribution in [0.3, 0.4) is 0 Å². The van der Waals surface area contributed by atoms with Gasteiger partial charge in [-0.1, -0.05) is 32.1 Å². The second-order valence-corrected chi connectivity index (χ2v) is 16.6. The fraction of sp³-hybridized carbons (Fsp3) is 0.897. The van der Waals surface area contributed by atoms with Gasteiger partial charge in [0.05, 0.1) is 24.9 Å². The minimum absolute atomic E-state index is 0.0327. The van der Waals surface area contributed by atoms with E-state index in [1.54, 1.807) is 11.9 Å². The Morgan fingerprint density at radius 2 is 1.53 bits per heavy atom. The van der Waals surface area contributed by atoms with Crippen molar-refractivity contribution in [3.8, 4) is 0 Å². The largest absolute Gasteiger partial charge is 0.394 e. The van der Waals surface area contributed by atoms with Gasteiger partial charge in [-0.25, -0.2) is 0 Å². The van der Waals surface area contributed by atoms with Crippen LogP contribution in [0.15, 0.2) is 0 Å². The number of ketones is 1. The first-order valence-electron chi connectivity index (χ1n) is 20.8. The predicted molar refractivity (Wildman–Crippen MR) is 201 cm³/mol. The van der Waals surface area contributed by atoms with Crippen LogP contribution in [0.5, 0.6) is 0 Å². The van der Waals surface area contributed by atoms with Gasteiger partial charge in [0.1, 0.15) is 60.7 Å². The zero-order valence-corrected chi connectivity index (χ0v) is 33.7.